The van der Waals surface area contributed by atoms with E-state index < -0.39 is 10.4 Å². The third-order valence-corrected chi connectivity index (χ3v) is 0. The van der Waals surface area contributed by atoms with Crippen LogP contribution < -0.4 is 59.1 Å². The van der Waals surface area contributed by atoms with E-state index in [2.05, 4.69) is 0 Å². The van der Waals surface area contributed by atoms with Gasteiger partial charge in [0.1, 0.15) is 0 Å². The maximum atomic E-state index is 8.52. The van der Waals surface area contributed by atoms with Gasteiger partial charge in [-0.15, -0.1) is 0 Å². The fourth-order valence-corrected chi connectivity index (χ4v) is 0. The van der Waals surface area contributed by atoms with Crippen LogP contribution in [0.4, 0.5) is 0 Å². The van der Waals surface area contributed by atoms with E-state index in [4.69, 9.17) is 17.5 Å². The smallest absolute Gasteiger partial charge is 0.759 e. The number of rotatable bonds is 0. The number of hydrogen-bond acceptors (Lipinski definition) is 4. The van der Waals surface area contributed by atoms with Crippen molar-refractivity contribution in [3.05, 3.63) is 0 Å². The van der Waals surface area contributed by atoms with Gasteiger partial charge in [0, 0.05) is 10.4 Å². The molecule has 0 aromatic carbocycles. The van der Waals surface area contributed by atoms with Crippen molar-refractivity contribution in [1.29, 1.82) is 0 Å². The molecule has 7 heteroatoms. The Morgan fingerprint density at radius 3 is 1.00 bits per heavy atom. The Morgan fingerprint density at radius 2 is 1.00 bits per heavy atom. The van der Waals surface area contributed by atoms with Gasteiger partial charge in [-0.25, -0.2) is 0 Å². The largest absolute Gasteiger partial charge is 1.00 e. The molecule has 0 aliphatic carbocycles. The van der Waals surface area contributed by atoms with E-state index in [1.54, 1.807) is 0 Å². The van der Waals surface area contributed by atoms with E-state index in [-0.39, 0.29) is 59.1 Å². The average molecular weight is 144 g/mol. The standard InChI is InChI=1S/2Na.H2O4S/c;;1-5(2,3)4/h;;(H2,1,2,3,4)/q2*+1;/p-2/i;;5+2. The van der Waals surface area contributed by atoms with Crippen molar-refractivity contribution in [2.45, 2.75) is 0 Å². The summed E-state index contributed by atoms with van der Waals surface area (Å²) < 4.78 is 34.1. The summed E-state index contributed by atoms with van der Waals surface area (Å²) in [6.45, 7) is 0. The van der Waals surface area contributed by atoms with Gasteiger partial charge in [-0.05, 0) is 0 Å². The van der Waals surface area contributed by atoms with Crippen molar-refractivity contribution in [2.24, 2.45) is 0 Å². The van der Waals surface area contributed by atoms with Crippen molar-refractivity contribution in [2.75, 3.05) is 0 Å². The molecule has 7 heavy (non-hydrogen) atoms. The minimum Gasteiger partial charge on any atom is -0.759 e. The molecule has 0 bridgehead atoms. The summed E-state index contributed by atoms with van der Waals surface area (Å²) in [5.74, 6) is 0. The van der Waals surface area contributed by atoms with Crippen LogP contribution in [-0.4, -0.2) is 17.5 Å². The summed E-state index contributed by atoms with van der Waals surface area (Å²) in [5, 5.41) is 0. The minimum absolute atomic E-state index is 0. The zero-order valence-electron chi connectivity index (χ0n) is 4.04. The molecule has 0 N–H and O–H groups in total. The van der Waals surface area contributed by atoms with Crippen LogP contribution in [-0.2, 0) is 10.4 Å². The van der Waals surface area contributed by atoms with Gasteiger partial charge >= 0.3 is 59.1 Å². The first-order valence-corrected chi connectivity index (χ1v) is 2.00. The van der Waals surface area contributed by atoms with Gasteiger partial charge in [-0.3, -0.25) is 8.42 Å². The Labute approximate surface area is 85.8 Å². The van der Waals surface area contributed by atoms with Crippen LogP contribution >= 0.6 is 0 Å². The quantitative estimate of drug-likeness (QED) is 0.146. The maximum Gasteiger partial charge on any atom is 1.00 e. The van der Waals surface area contributed by atoms with Crippen molar-refractivity contribution in [3.8, 4) is 0 Å². The van der Waals surface area contributed by atoms with Crippen LogP contribution in [0.2, 0.25) is 0 Å². The Morgan fingerprint density at radius 1 is 1.00 bits per heavy atom. The molecule has 0 fully saturated rings. The molecule has 0 aromatic heterocycles. The van der Waals surface area contributed by atoms with E-state index in [0.29, 0.717) is 0 Å². The van der Waals surface area contributed by atoms with Crippen molar-refractivity contribution < 1.29 is 76.6 Å². The van der Waals surface area contributed by atoms with Crippen LogP contribution in [0.1, 0.15) is 0 Å². The van der Waals surface area contributed by atoms with Crippen molar-refractivity contribution >= 4 is 10.4 Å². The van der Waals surface area contributed by atoms with E-state index in [0.717, 1.165) is 0 Å². The molecule has 0 aromatic rings. The third-order valence-electron chi connectivity index (χ3n) is 0. The molecule has 0 heterocycles. The monoisotopic (exact) mass is 144 g/mol. The first-order valence-electron chi connectivity index (χ1n) is 0.667. The molecule has 0 spiro atoms. The third kappa shape index (κ3) is 77.5. The van der Waals surface area contributed by atoms with Crippen LogP contribution in [0.25, 0.3) is 0 Å². The van der Waals surface area contributed by atoms with E-state index in [1.165, 1.54) is 0 Å². The molecule has 4 nitrogen and oxygen atoms in total. The topological polar surface area (TPSA) is 80.3 Å². The van der Waals surface area contributed by atoms with Gasteiger partial charge in [-0.1, -0.05) is 0 Å². The predicted molar refractivity (Wildman–Crippen MR) is 10.5 cm³/mol. The second kappa shape index (κ2) is 6.00. The first-order chi connectivity index (χ1) is 2.00. The Kier molecular flexibility index (Phi) is 13.7. The summed E-state index contributed by atoms with van der Waals surface area (Å²) in [6.07, 6.45) is 0. The molecule has 0 rings (SSSR count). The summed E-state index contributed by atoms with van der Waals surface area (Å²) in [4.78, 5) is 0. The average Bonchev–Trinajstić information content (AvgIpc) is 0.722. The molecule has 0 amide bonds. The van der Waals surface area contributed by atoms with E-state index in [1.807, 2.05) is 0 Å². The van der Waals surface area contributed by atoms with Crippen LogP contribution in [0.5, 0.6) is 0 Å². The fraction of sp³-hybridized carbons (Fsp3) is 0. The van der Waals surface area contributed by atoms with Gasteiger partial charge in [-0.2, -0.15) is 0 Å². The minimum atomic E-state index is -5.17. The molecule has 32 valence electrons. The predicted octanol–water partition coefficient (Wildman–Crippen LogP) is -7.33. The first kappa shape index (κ1) is 15.9. The summed E-state index contributed by atoms with van der Waals surface area (Å²) in [7, 11) is -5.17. The van der Waals surface area contributed by atoms with E-state index in [9.17, 15) is 0 Å². The molecule has 0 aliphatic heterocycles. The van der Waals surface area contributed by atoms with Gasteiger partial charge in [0.25, 0.3) is 0 Å². The van der Waals surface area contributed by atoms with Crippen molar-refractivity contribution in [1.82, 2.24) is 0 Å². The summed E-state index contributed by atoms with van der Waals surface area (Å²) >= 11 is 0. The van der Waals surface area contributed by atoms with Crippen LogP contribution in [0, 0.1) is 0 Å². The molecule has 0 unspecified atom stereocenters. The maximum absolute atomic E-state index is 8.52. The van der Waals surface area contributed by atoms with Gasteiger partial charge in [0.15, 0.2) is 0 Å². The molecule has 0 atom stereocenters. The van der Waals surface area contributed by atoms with Gasteiger partial charge < -0.3 is 9.11 Å². The molecule has 0 radical (unpaired) electrons. The Hall–Kier alpha value is 1.87. The Balaban J connectivity index is -0.0000000800. The normalized spacial score (nSPS) is 8.29. The second-order valence-corrected chi connectivity index (χ2v) is 1.22. The Bertz CT molecular complexity index is 92.9. The molecular formula is Na2O4S. The molecule has 0 saturated carbocycles. The van der Waals surface area contributed by atoms with Gasteiger partial charge in [0.05, 0.1) is 0 Å². The molecule has 0 aliphatic rings. The van der Waals surface area contributed by atoms with E-state index >= 15 is 0 Å². The SMILES string of the molecule is O=[34S](=O)([O-])[O-].[Na+].[Na+]. The summed E-state index contributed by atoms with van der Waals surface area (Å²) in [5.41, 5.74) is 0. The summed E-state index contributed by atoms with van der Waals surface area (Å²) in [6, 6.07) is 0. The second-order valence-electron chi connectivity index (χ2n) is 0.408. The number of hydrogen-bond donors (Lipinski definition) is 0. The molecular weight excluding hydrogens is 144 g/mol. The van der Waals surface area contributed by atoms with Crippen LogP contribution in [0.3, 0.4) is 0 Å². The van der Waals surface area contributed by atoms with Crippen LogP contribution in [0.15, 0.2) is 0 Å². The van der Waals surface area contributed by atoms with Gasteiger partial charge in [0.2, 0.25) is 0 Å². The fourth-order valence-electron chi connectivity index (χ4n) is 0. The van der Waals surface area contributed by atoms with Crippen molar-refractivity contribution in [3.63, 3.8) is 0 Å². The molecule has 0 saturated heterocycles. The zero-order chi connectivity index (χ0) is 4.50. The zero-order valence-corrected chi connectivity index (χ0v) is 8.86.